The van der Waals surface area contributed by atoms with Crippen LogP contribution >= 0.6 is 0 Å². The van der Waals surface area contributed by atoms with E-state index in [4.69, 9.17) is 16.2 Å². The Kier molecular flexibility index (Phi) is 3.33. The van der Waals surface area contributed by atoms with Crippen LogP contribution in [-0.4, -0.2) is 5.97 Å². The standard InChI is InChI=1S/C11H14N2O2/c1-7(2)11(14)15-6-8-3-4-9(12)10(13)5-8/h3-5H,1,6,12-13H2,2H3. The van der Waals surface area contributed by atoms with Gasteiger partial charge in [0.1, 0.15) is 6.61 Å². The van der Waals surface area contributed by atoms with Gasteiger partial charge < -0.3 is 16.2 Å². The highest BCUT2D eigenvalue weighted by Crippen LogP contribution is 2.16. The van der Waals surface area contributed by atoms with Gasteiger partial charge in [-0.1, -0.05) is 12.6 Å². The topological polar surface area (TPSA) is 78.3 Å². The number of hydrogen-bond acceptors (Lipinski definition) is 4. The second-order valence-corrected chi connectivity index (χ2v) is 3.32. The average molecular weight is 206 g/mol. The van der Waals surface area contributed by atoms with Crippen LogP contribution in [-0.2, 0) is 16.1 Å². The van der Waals surface area contributed by atoms with Crippen LogP contribution in [0.5, 0.6) is 0 Å². The van der Waals surface area contributed by atoms with Crippen molar-refractivity contribution in [3.05, 3.63) is 35.9 Å². The van der Waals surface area contributed by atoms with Crippen LogP contribution in [0, 0.1) is 0 Å². The summed E-state index contributed by atoms with van der Waals surface area (Å²) in [7, 11) is 0. The van der Waals surface area contributed by atoms with Crippen molar-refractivity contribution >= 4 is 17.3 Å². The number of ether oxygens (including phenoxy) is 1. The number of anilines is 2. The molecular formula is C11H14N2O2. The fourth-order valence-corrected chi connectivity index (χ4v) is 0.986. The number of hydrogen-bond donors (Lipinski definition) is 2. The average Bonchev–Trinajstić information content (AvgIpc) is 2.19. The van der Waals surface area contributed by atoms with Crippen molar-refractivity contribution in [2.75, 3.05) is 11.5 Å². The SMILES string of the molecule is C=C(C)C(=O)OCc1ccc(N)c(N)c1. The molecule has 0 saturated carbocycles. The highest BCUT2D eigenvalue weighted by atomic mass is 16.5. The van der Waals surface area contributed by atoms with Gasteiger partial charge in [0, 0.05) is 5.57 Å². The molecule has 0 radical (unpaired) electrons. The molecule has 0 unspecified atom stereocenters. The molecule has 0 spiro atoms. The summed E-state index contributed by atoms with van der Waals surface area (Å²) in [5.41, 5.74) is 13.3. The van der Waals surface area contributed by atoms with Gasteiger partial charge in [0.05, 0.1) is 11.4 Å². The lowest BCUT2D eigenvalue weighted by Gasteiger charge is -2.06. The summed E-state index contributed by atoms with van der Waals surface area (Å²) >= 11 is 0. The van der Waals surface area contributed by atoms with E-state index in [0.717, 1.165) is 5.56 Å². The lowest BCUT2D eigenvalue weighted by atomic mass is 10.2. The molecule has 0 aliphatic rings. The zero-order chi connectivity index (χ0) is 11.4. The van der Waals surface area contributed by atoms with E-state index < -0.39 is 5.97 Å². The van der Waals surface area contributed by atoms with Gasteiger partial charge in [-0.25, -0.2) is 4.79 Å². The number of rotatable bonds is 3. The minimum absolute atomic E-state index is 0.177. The van der Waals surface area contributed by atoms with Crippen LogP contribution in [0.1, 0.15) is 12.5 Å². The zero-order valence-corrected chi connectivity index (χ0v) is 8.62. The normalized spacial score (nSPS) is 9.67. The molecular weight excluding hydrogens is 192 g/mol. The Balaban J connectivity index is 2.62. The molecule has 0 heterocycles. The van der Waals surface area contributed by atoms with Gasteiger partial charge in [0.15, 0.2) is 0 Å². The number of carbonyl (C=O) groups excluding carboxylic acids is 1. The van der Waals surface area contributed by atoms with Crippen molar-refractivity contribution < 1.29 is 9.53 Å². The maximum Gasteiger partial charge on any atom is 0.333 e. The van der Waals surface area contributed by atoms with Crippen molar-refractivity contribution in [3.63, 3.8) is 0 Å². The molecule has 0 aliphatic carbocycles. The van der Waals surface area contributed by atoms with Crippen molar-refractivity contribution in [3.8, 4) is 0 Å². The Morgan fingerprint density at radius 1 is 1.40 bits per heavy atom. The molecule has 0 fully saturated rings. The van der Waals surface area contributed by atoms with Gasteiger partial charge in [-0.15, -0.1) is 0 Å². The monoisotopic (exact) mass is 206 g/mol. The van der Waals surface area contributed by atoms with E-state index in [9.17, 15) is 4.79 Å². The lowest BCUT2D eigenvalue weighted by molar-refractivity contribution is -0.140. The quantitative estimate of drug-likeness (QED) is 0.446. The van der Waals surface area contributed by atoms with E-state index in [-0.39, 0.29) is 6.61 Å². The number of nitrogen functional groups attached to an aromatic ring is 2. The molecule has 4 heteroatoms. The highest BCUT2D eigenvalue weighted by Gasteiger charge is 2.04. The number of benzene rings is 1. The lowest BCUT2D eigenvalue weighted by Crippen LogP contribution is -2.05. The molecule has 1 aromatic rings. The van der Waals surface area contributed by atoms with Crippen LogP contribution in [0.15, 0.2) is 30.4 Å². The Morgan fingerprint density at radius 2 is 2.07 bits per heavy atom. The molecule has 80 valence electrons. The Hall–Kier alpha value is -1.97. The largest absolute Gasteiger partial charge is 0.457 e. The van der Waals surface area contributed by atoms with Gasteiger partial charge in [-0.3, -0.25) is 0 Å². The zero-order valence-electron chi connectivity index (χ0n) is 8.62. The third-order valence-electron chi connectivity index (χ3n) is 1.87. The van der Waals surface area contributed by atoms with Crippen molar-refractivity contribution in [1.82, 2.24) is 0 Å². The molecule has 0 saturated heterocycles. The number of esters is 1. The van der Waals surface area contributed by atoms with Gasteiger partial charge >= 0.3 is 5.97 Å². The van der Waals surface area contributed by atoms with E-state index in [1.807, 2.05) is 0 Å². The maximum absolute atomic E-state index is 11.1. The summed E-state index contributed by atoms with van der Waals surface area (Å²) in [5.74, 6) is -0.412. The third-order valence-corrected chi connectivity index (χ3v) is 1.87. The third kappa shape index (κ3) is 3.02. The minimum atomic E-state index is -0.412. The molecule has 1 rings (SSSR count). The van der Waals surface area contributed by atoms with Gasteiger partial charge in [0.2, 0.25) is 0 Å². The molecule has 1 aromatic carbocycles. The Labute approximate surface area is 88.5 Å². The van der Waals surface area contributed by atoms with Crippen LogP contribution in [0.25, 0.3) is 0 Å². The summed E-state index contributed by atoms with van der Waals surface area (Å²) in [4.78, 5) is 11.1. The summed E-state index contributed by atoms with van der Waals surface area (Å²) in [5, 5.41) is 0. The van der Waals surface area contributed by atoms with E-state index in [2.05, 4.69) is 6.58 Å². The summed E-state index contributed by atoms with van der Waals surface area (Å²) in [6.45, 7) is 5.25. The smallest absolute Gasteiger partial charge is 0.333 e. The van der Waals surface area contributed by atoms with Crippen LogP contribution in [0.4, 0.5) is 11.4 Å². The fraction of sp³-hybridized carbons (Fsp3) is 0.182. The first-order valence-electron chi connectivity index (χ1n) is 4.47. The predicted molar refractivity (Wildman–Crippen MR) is 59.9 cm³/mol. The van der Waals surface area contributed by atoms with E-state index in [0.29, 0.717) is 16.9 Å². The van der Waals surface area contributed by atoms with Crippen molar-refractivity contribution in [2.24, 2.45) is 0 Å². The first-order valence-corrected chi connectivity index (χ1v) is 4.47. The number of nitrogens with two attached hydrogens (primary N) is 2. The number of carbonyl (C=O) groups is 1. The fourth-order valence-electron chi connectivity index (χ4n) is 0.986. The maximum atomic E-state index is 11.1. The summed E-state index contributed by atoms with van der Waals surface area (Å²) < 4.78 is 4.95. The molecule has 0 atom stereocenters. The molecule has 0 amide bonds. The second-order valence-electron chi connectivity index (χ2n) is 3.32. The van der Waals surface area contributed by atoms with Crippen LogP contribution < -0.4 is 11.5 Å². The minimum Gasteiger partial charge on any atom is -0.457 e. The molecule has 0 bridgehead atoms. The first-order chi connectivity index (χ1) is 7.00. The molecule has 0 aromatic heterocycles. The predicted octanol–water partition coefficient (Wildman–Crippen LogP) is 1.47. The van der Waals surface area contributed by atoms with Gasteiger partial charge in [0.25, 0.3) is 0 Å². The molecule has 4 nitrogen and oxygen atoms in total. The van der Waals surface area contributed by atoms with Crippen LogP contribution in [0.2, 0.25) is 0 Å². The van der Waals surface area contributed by atoms with E-state index >= 15 is 0 Å². The van der Waals surface area contributed by atoms with E-state index in [1.165, 1.54) is 0 Å². The van der Waals surface area contributed by atoms with Gasteiger partial charge in [-0.05, 0) is 24.6 Å². The Bertz CT molecular complexity index is 400. The molecule has 0 aliphatic heterocycles. The van der Waals surface area contributed by atoms with Gasteiger partial charge in [-0.2, -0.15) is 0 Å². The van der Waals surface area contributed by atoms with Crippen molar-refractivity contribution in [1.29, 1.82) is 0 Å². The first kappa shape index (κ1) is 11.1. The van der Waals surface area contributed by atoms with E-state index in [1.54, 1.807) is 25.1 Å². The van der Waals surface area contributed by atoms with Crippen molar-refractivity contribution in [2.45, 2.75) is 13.5 Å². The summed E-state index contributed by atoms with van der Waals surface area (Å²) in [6, 6.07) is 5.12. The highest BCUT2D eigenvalue weighted by molar-refractivity contribution is 5.86. The second kappa shape index (κ2) is 4.50. The Morgan fingerprint density at radius 3 is 2.60 bits per heavy atom. The molecule has 4 N–H and O–H groups in total. The molecule has 15 heavy (non-hydrogen) atoms. The van der Waals surface area contributed by atoms with Crippen LogP contribution in [0.3, 0.4) is 0 Å². The summed E-state index contributed by atoms with van der Waals surface area (Å²) in [6.07, 6.45) is 0.